The van der Waals surface area contributed by atoms with Crippen molar-refractivity contribution in [1.82, 2.24) is 29.2 Å². The molecule has 4 heterocycles. The van der Waals surface area contributed by atoms with Crippen molar-refractivity contribution in [2.45, 2.75) is 31.5 Å². The Morgan fingerprint density at radius 2 is 1.95 bits per heavy atom. The predicted molar refractivity (Wildman–Crippen MR) is 152 cm³/mol. The van der Waals surface area contributed by atoms with Crippen LogP contribution < -0.4 is 16.1 Å². The van der Waals surface area contributed by atoms with Crippen molar-refractivity contribution in [1.29, 1.82) is 0 Å². The van der Waals surface area contributed by atoms with Crippen molar-refractivity contribution >= 4 is 23.1 Å². The van der Waals surface area contributed by atoms with Crippen LogP contribution in [0.3, 0.4) is 0 Å². The summed E-state index contributed by atoms with van der Waals surface area (Å²) in [5.74, 6) is 1.19. The fourth-order valence-corrected chi connectivity index (χ4v) is 4.90. The summed E-state index contributed by atoms with van der Waals surface area (Å²) in [7, 11) is 3.88. The standard InChI is InChI=1S/C29H31F3N8O2/c1-38(2)15-5-7-24(41)39-16-4-3-6-22(39)28-36-25(26-27(33)35-14-17-40(26)28)19-8-10-21(11-9-19)42-37-23-18-20(12-13-34-23)29(30,31)32/h5,7-14,17-18,22H,3-4,6,15-16H2,1-2H3,(H2,33,35)(H,34,37)/b7-5+/t22-/m0/s1. The van der Waals surface area contributed by atoms with Crippen LogP contribution in [0.1, 0.15) is 36.7 Å². The number of benzene rings is 1. The van der Waals surface area contributed by atoms with Crippen molar-refractivity contribution < 1.29 is 22.8 Å². The Labute approximate surface area is 240 Å². The van der Waals surface area contributed by atoms with E-state index < -0.39 is 11.7 Å². The number of likely N-dealkylation sites (N-methyl/N-ethyl adjacent to an activating group) is 1. The predicted octanol–water partition coefficient (Wildman–Crippen LogP) is 4.97. The first kappa shape index (κ1) is 28.9. The molecule has 1 amide bonds. The van der Waals surface area contributed by atoms with Gasteiger partial charge in [0.05, 0.1) is 11.6 Å². The fourth-order valence-electron chi connectivity index (χ4n) is 4.90. The molecular formula is C29H31F3N8O2. The highest BCUT2D eigenvalue weighted by atomic mass is 19.4. The average molecular weight is 581 g/mol. The van der Waals surface area contributed by atoms with Gasteiger partial charge in [0.25, 0.3) is 0 Å². The molecule has 0 bridgehead atoms. The molecule has 0 spiro atoms. The number of hydrogen-bond donors (Lipinski definition) is 2. The number of carbonyl (C=O) groups excluding carboxylic acids is 1. The van der Waals surface area contributed by atoms with Crippen LogP contribution in [0.5, 0.6) is 5.75 Å². The highest BCUT2D eigenvalue weighted by Crippen LogP contribution is 2.36. The Kier molecular flexibility index (Phi) is 8.29. The second kappa shape index (κ2) is 12.1. The van der Waals surface area contributed by atoms with Gasteiger partial charge < -0.3 is 20.4 Å². The Morgan fingerprint density at radius 3 is 2.69 bits per heavy atom. The van der Waals surface area contributed by atoms with Gasteiger partial charge in [0, 0.05) is 43.3 Å². The van der Waals surface area contributed by atoms with E-state index in [1.54, 1.807) is 42.7 Å². The normalized spacial score (nSPS) is 16.0. The van der Waals surface area contributed by atoms with Crippen LogP contribution in [0.2, 0.25) is 0 Å². The number of amides is 1. The van der Waals surface area contributed by atoms with Gasteiger partial charge in [-0.2, -0.15) is 13.2 Å². The van der Waals surface area contributed by atoms with Gasteiger partial charge in [0.15, 0.2) is 11.6 Å². The summed E-state index contributed by atoms with van der Waals surface area (Å²) < 4.78 is 40.9. The molecule has 1 aromatic carbocycles. The van der Waals surface area contributed by atoms with E-state index in [2.05, 4.69) is 15.4 Å². The van der Waals surface area contributed by atoms with E-state index in [9.17, 15) is 18.0 Å². The summed E-state index contributed by atoms with van der Waals surface area (Å²) in [5, 5.41) is 0. The molecule has 3 aromatic heterocycles. The van der Waals surface area contributed by atoms with Gasteiger partial charge in [-0.05, 0) is 69.8 Å². The monoisotopic (exact) mass is 580 g/mol. The van der Waals surface area contributed by atoms with Crippen LogP contribution in [-0.4, -0.2) is 62.2 Å². The van der Waals surface area contributed by atoms with Gasteiger partial charge in [-0.1, -0.05) is 6.08 Å². The number of nitrogen functional groups attached to an aromatic ring is 1. The molecule has 5 rings (SSSR count). The minimum absolute atomic E-state index is 0.0638. The lowest BCUT2D eigenvalue weighted by molar-refractivity contribution is -0.137. The third-order valence-corrected chi connectivity index (χ3v) is 6.91. The first-order valence-corrected chi connectivity index (χ1v) is 13.4. The van der Waals surface area contributed by atoms with Gasteiger partial charge in [-0.15, -0.1) is 0 Å². The highest BCUT2D eigenvalue weighted by Gasteiger charge is 2.32. The van der Waals surface area contributed by atoms with Crippen molar-refractivity contribution in [3.8, 4) is 17.0 Å². The number of carbonyl (C=O) groups is 1. The Bertz CT molecular complexity index is 1580. The maximum absolute atomic E-state index is 13.2. The maximum atomic E-state index is 13.2. The second-order valence-corrected chi connectivity index (χ2v) is 10.2. The zero-order valence-electron chi connectivity index (χ0n) is 23.2. The number of halogens is 3. The molecule has 1 atom stereocenters. The molecule has 1 aliphatic rings. The number of nitrogens with two attached hydrogens (primary N) is 1. The summed E-state index contributed by atoms with van der Waals surface area (Å²) in [5.41, 5.74) is 9.87. The van der Waals surface area contributed by atoms with Crippen molar-refractivity contribution in [2.24, 2.45) is 0 Å². The molecular weight excluding hydrogens is 549 g/mol. The smallest absolute Gasteiger partial charge is 0.382 e. The van der Waals surface area contributed by atoms with Crippen molar-refractivity contribution in [3.05, 3.63) is 78.5 Å². The number of aromatic nitrogens is 4. The van der Waals surface area contributed by atoms with Crippen LogP contribution in [0, 0.1) is 0 Å². The van der Waals surface area contributed by atoms with E-state index in [0.29, 0.717) is 41.7 Å². The Hall–Kier alpha value is -4.65. The minimum atomic E-state index is -4.49. The largest absolute Gasteiger partial charge is 0.416 e. The van der Waals surface area contributed by atoms with Gasteiger partial charge in [-0.3, -0.25) is 9.20 Å². The Morgan fingerprint density at radius 1 is 1.17 bits per heavy atom. The number of pyridine rings is 1. The van der Waals surface area contributed by atoms with Crippen LogP contribution in [0.25, 0.3) is 16.8 Å². The number of anilines is 2. The van der Waals surface area contributed by atoms with E-state index in [1.807, 2.05) is 34.4 Å². The molecule has 4 aromatic rings. The summed E-state index contributed by atoms with van der Waals surface area (Å²) >= 11 is 0. The molecule has 1 saturated heterocycles. The first-order chi connectivity index (χ1) is 20.1. The van der Waals surface area contributed by atoms with Gasteiger partial charge in [-0.25, -0.2) is 20.4 Å². The lowest BCUT2D eigenvalue weighted by atomic mass is 10.0. The quantitative estimate of drug-likeness (QED) is 0.222. The minimum Gasteiger partial charge on any atom is -0.382 e. The molecule has 1 fully saturated rings. The zero-order chi connectivity index (χ0) is 29.9. The zero-order valence-corrected chi connectivity index (χ0v) is 23.2. The van der Waals surface area contributed by atoms with E-state index in [4.69, 9.17) is 15.6 Å². The van der Waals surface area contributed by atoms with Crippen LogP contribution in [-0.2, 0) is 11.0 Å². The van der Waals surface area contributed by atoms with Crippen molar-refractivity contribution in [3.63, 3.8) is 0 Å². The molecule has 220 valence electrons. The van der Waals surface area contributed by atoms with Gasteiger partial charge >= 0.3 is 6.18 Å². The summed E-state index contributed by atoms with van der Waals surface area (Å²) in [6.07, 6.45) is 6.06. The fraction of sp³-hybridized carbons (Fsp3) is 0.310. The molecule has 1 aliphatic heterocycles. The lowest BCUT2D eigenvalue weighted by Crippen LogP contribution is -2.38. The number of rotatable bonds is 8. The molecule has 3 N–H and O–H groups in total. The molecule has 0 radical (unpaired) electrons. The van der Waals surface area contributed by atoms with E-state index in [0.717, 1.165) is 43.2 Å². The number of imidazole rings is 1. The lowest BCUT2D eigenvalue weighted by Gasteiger charge is -2.34. The van der Waals surface area contributed by atoms with Crippen molar-refractivity contribution in [2.75, 3.05) is 38.4 Å². The second-order valence-electron chi connectivity index (χ2n) is 10.2. The average Bonchev–Trinajstić information content (AvgIpc) is 3.37. The number of nitrogens with zero attached hydrogens (tertiary/aromatic N) is 6. The Balaban J connectivity index is 1.41. The number of likely N-dealkylation sites (tertiary alicyclic amines) is 1. The topological polar surface area (TPSA) is 114 Å². The van der Waals surface area contributed by atoms with Crippen LogP contribution >= 0.6 is 0 Å². The highest BCUT2D eigenvalue weighted by molar-refractivity contribution is 5.88. The molecule has 0 aliphatic carbocycles. The summed E-state index contributed by atoms with van der Waals surface area (Å²) in [4.78, 5) is 35.6. The number of nitrogens with one attached hydrogen (secondary N) is 1. The molecule has 10 nitrogen and oxygen atoms in total. The molecule has 0 unspecified atom stereocenters. The number of hydrogen-bond acceptors (Lipinski definition) is 8. The number of fused-ring (bicyclic) bond motifs is 1. The first-order valence-electron chi connectivity index (χ1n) is 13.4. The number of alkyl halides is 3. The maximum Gasteiger partial charge on any atom is 0.416 e. The molecule has 13 heteroatoms. The third-order valence-electron chi connectivity index (χ3n) is 6.91. The van der Waals surface area contributed by atoms with Gasteiger partial charge in [0.1, 0.15) is 22.9 Å². The van der Waals surface area contributed by atoms with E-state index >= 15 is 0 Å². The van der Waals surface area contributed by atoms with E-state index in [-0.39, 0.29) is 17.8 Å². The summed E-state index contributed by atoms with van der Waals surface area (Å²) in [6, 6.07) is 8.34. The van der Waals surface area contributed by atoms with E-state index in [1.165, 1.54) is 0 Å². The van der Waals surface area contributed by atoms with Crippen LogP contribution in [0.15, 0.2) is 67.1 Å². The number of piperidine rings is 1. The SMILES string of the molecule is CN(C)C/C=C/C(=O)N1CCCC[C@H]1c1nc(-c2ccc(ONc3cc(C(F)(F)F)ccn3)cc2)c2c(N)nccn12. The van der Waals surface area contributed by atoms with Gasteiger partial charge in [0.2, 0.25) is 5.91 Å². The molecule has 42 heavy (non-hydrogen) atoms. The third kappa shape index (κ3) is 6.30. The van der Waals surface area contributed by atoms with Crippen LogP contribution in [0.4, 0.5) is 24.8 Å². The summed E-state index contributed by atoms with van der Waals surface area (Å²) in [6.45, 7) is 1.29. The molecule has 0 saturated carbocycles.